The van der Waals surface area contributed by atoms with Crippen LogP contribution in [0.5, 0.6) is 0 Å². The molecule has 6 nitrogen and oxygen atoms in total. The van der Waals surface area contributed by atoms with E-state index in [2.05, 4.69) is 5.16 Å². The fourth-order valence-electron chi connectivity index (χ4n) is 4.28. The molecule has 37 heavy (non-hydrogen) atoms. The maximum atomic E-state index is 13.6. The number of hydrogen-bond acceptors (Lipinski definition) is 5. The molecule has 0 aliphatic carbocycles. The molecule has 0 fully saturated rings. The van der Waals surface area contributed by atoms with E-state index in [1.807, 2.05) is 29.7 Å². The van der Waals surface area contributed by atoms with Crippen molar-refractivity contribution in [2.45, 2.75) is 33.5 Å². The first-order valence-corrected chi connectivity index (χ1v) is 11.7. The average molecular weight is 511 g/mol. The van der Waals surface area contributed by atoms with Crippen LogP contribution < -0.4 is 0 Å². The fourth-order valence-corrected chi connectivity index (χ4v) is 4.28. The summed E-state index contributed by atoms with van der Waals surface area (Å²) in [5.41, 5.74) is 1.60. The summed E-state index contributed by atoms with van der Waals surface area (Å²) < 4.78 is 48.3. The van der Waals surface area contributed by atoms with Crippen molar-refractivity contribution in [1.29, 1.82) is 0 Å². The third kappa shape index (κ3) is 5.41. The van der Waals surface area contributed by atoms with Crippen LogP contribution in [0.25, 0.3) is 21.8 Å². The Hall–Kier alpha value is -3.98. The van der Waals surface area contributed by atoms with E-state index in [-0.39, 0.29) is 5.56 Å². The first kappa shape index (κ1) is 26.1. The number of carbonyl (C=O) groups excluding carboxylic acids is 2. The van der Waals surface area contributed by atoms with E-state index in [1.165, 1.54) is 25.1 Å². The highest BCUT2D eigenvalue weighted by Gasteiger charge is 2.35. The van der Waals surface area contributed by atoms with Crippen molar-refractivity contribution in [2.24, 2.45) is 5.16 Å². The monoisotopic (exact) mass is 510 g/mol. The topological polar surface area (TPSA) is 69.9 Å². The summed E-state index contributed by atoms with van der Waals surface area (Å²) in [6.45, 7) is 6.41. The molecule has 4 aromatic rings. The summed E-state index contributed by atoms with van der Waals surface area (Å²) >= 11 is 0. The molecule has 0 saturated carbocycles. The van der Waals surface area contributed by atoms with Crippen molar-refractivity contribution >= 4 is 39.3 Å². The molecule has 0 bridgehead atoms. The Balaban J connectivity index is 1.88. The molecule has 1 heterocycles. The number of aromatic nitrogens is 1. The number of rotatable bonds is 8. The number of nitrogens with zero attached hydrogens (tertiary/aromatic N) is 2. The minimum atomic E-state index is -4.65. The second-order valence-corrected chi connectivity index (χ2v) is 8.44. The third-order valence-electron chi connectivity index (χ3n) is 6.00. The number of ether oxygens (including phenoxy) is 1. The highest BCUT2D eigenvalue weighted by Crippen LogP contribution is 2.35. The van der Waals surface area contributed by atoms with Crippen molar-refractivity contribution in [1.82, 2.24) is 4.57 Å². The molecule has 0 amide bonds. The summed E-state index contributed by atoms with van der Waals surface area (Å²) in [6.07, 6.45) is -4.65. The van der Waals surface area contributed by atoms with E-state index in [1.54, 1.807) is 25.1 Å². The van der Waals surface area contributed by atoms with Crippen molar-refractivity contribution in [3.05, 3.63) is 82.9 Å². The Labute approximate surface area is 211 Å². The highest BCUT2D eigenvalue weighted by molar-refractivity contribution is 6.16. The molecule has 0 aliphatic heterocycles. The molecule has 0 unspecified atom stereocenters. The molecule has 3 aromatic carbocycles. The average Bonchev–Trinajstić information content (AvgIpc) is 3.18. The van der Waals surface area contributed by atoms with Crippen molar-refractivity contribution in [3.63, 3.8) is 0 Å². The molecule has 1 aromatic heterocycles. The van der Waals surface area contributed by atoms with Gasteiger partial charge < -0.3 is 14.1 Å². The number of halogens is 3. The highest BCUT2D eigenvalue weighted by atomic mass is 19.4. The van der Waals surface area contributed by atoms with E-state index in [0.29, 0.717) is 36.4 Å². The number of fused-ring (bicyclic) bond motifs is 3. The number of alkyl halides is 3. The lowest BCUT2D eigenvalue weighted by molar-refractivity contribution is -0.141. The van der Waals surface area contributed by atoms with Gasteiger partial charge in [-0.2, -0.15) is 13.2 Å². The molecule has 192 valence electrons. The molecule has 0 spiro atoms. The van der Waals surface area contributed by atoms with Gasteiger partial charge in [-0.1, -0.05) is 29.4 Å². The van der Waals surface area contributed by atoms with Gasteiger partial charge in [0.25, 0.3) is 0 Å². The predicted octanol–water partition coefficient (Wildman–Crippen LogP) is 6.37. The van der Waals surface area contributed by atoms with Gasteiger partial charge >= 0.3 is 12.1 Å². The number of hydrogen-bond donors (Lipinski definition) is 0. The maximum Gasteiger partial charge on any atom is 0.417 e. The summed E-state index contributed by atoms with van der Waals surface area (Å²) in [4.78, 5) is 29.2. The minimum absolute atomic E-state index is 0.142. The Morgan fingerprint density at radius 3 is 2.16 bits per heavy atom. The van der Waals surface area contributed by atoms with Gasteiger partial charge in [0.2, 0.25) is 0 Å². The van der Waals surface area contributed by atoms with E-state index >= 15 is 0 Å². The molecule has 0 N–H and O–H groups in total. The van der Waals surface area contributed by atoms with Gasteiger partial charge in [0, 0.05) is 53.0 Å². The van der Waals surface area contributed by atoms with Crippen LogP contribution in [0.4, 0.5) is 13.2 Å². The van der Waals surface area contributed by atoms with Crippen LogP contribution >= 0.6 is 0 Å². The Kier molecular flexibility index (Phi) is 7.45. The lowest BCUT2D eigenvalue weighted by Gasteiger charge is -2.12. The molecule has 9 heteroatoms. The van der Waals surface area contributed by atoms with Gasteiger partial charge in [-0.25, -0.2) is 4.79 Å². The summed E-state index contributed by atoms with van der Waals surface area (Å²) in [5, 5.41) is 5.32. The number of benzene rings is 3. The molecular weight excluding hydrogens is 485 g/mol. The van der Waals surface area contributed by atoms with Crippen LogP contribution in [0.3, 0.4) is 0 Å². The zero-order valence-corrected chi connectivity index (χ0v) is 20.6. The van der Waals surface area contributed by atoms with Gasteiger partial charge in [0.1, 0.15) is 0 Å². The summed E-state index contributed by atoms with van der Waals surface area (Å²) in [7, 11) is 0. The Bertz CT molecular complexity index is 1520. The molecule has 0 radical (unpaired) electrons. The number of oxime groups is 1. The summed E-state index contributed by atoms with van der Waals surface area (Å²) in [5.74, 6) is -1.26. The first-order chi connectivity index (χ1) is 17.6. The standard InChI is InChI=1S/C28H25F3N2O4/c1-4-36-14-13-33-25-11-9-19(17(2)32-37-18(3)34)15-22(25)23-16-20(10-12-26(23)33)27(35)21-7-5-6-8-24(21)28(29,30)31/h5-12,15-16H,4,13-14H2,1-3H3/b32-17-. The van der Waals surface area contributed by atoms with Crippen molar-refractivity contribution < 1.29 is 32.3 Å². The van der Waals surface area contributed by atoms with Crippen molar-refractivity contribution in [3.8, 4) is 0 Å². The lowest BCUT2D eigenvalue weighted by Crippen LogP contribution is -2.13. The summed E-state index contributed by atoms with van der Waals surface area (Å²) in [6, 6.07) is 15.3. The van der Waals surface area contributed by atoms with E-state index in [0.717, 1.165) is 22.5 Å². The number of carbonyl (C=O) groups is 2. The van der Waals surface area contributed by atoms with E-state index in [4.69, 9.17) is 9.57 Å². The van der Waals surface area contributed by atoms with Gasteiger partial charge in [0.05, 0.1) is 17.9 Å². The van der Waals surface area contributed by atoms with Crippen LogP contribution in [-0.2, 0) is 27.1 Å². The first-order valence-electron chi connectivity index (χ1n) is 11.7. The maximum absolute atomic E-state index is 13.6. The molecular formula is C28H25F3N2O4. The SMILES string of the molecule is CCOCCn1c2ccc(C(=O)c3ccccc3C(F)(F)F)cc2c2cc(/C(C)=N\OC(C)=O)ccc21. The van der Waals surface area contributed by atoms with Crippen molar-refractivity contribution in [2.75, 3.05) is 13.2 Å². The van der Waals surface area contributed by atoms with Crippen LogP contribution in [0.15, 0.2) is 65.8 Å². The predicted molar refractivity (Wildman–Crippen MR) is 135 cm³/mol. The van der Waals surface area contributed by atoms with E-state index in [9.17, 15) is 22.8 Å². The third-order valence-corrected chi connectivity index (χ3v) is 6.00. The fraction of sp³-hybridized carbons (Fsp3) is 0.250. The second-order valence-electron chi connectivity index (χ2n) is 8.44. The van der Waals surface area contributed by atoms with Crippen LogP contribution in [0.1, 0.15) is 47.8 Å². The molecule has 0 aliphatic rings. The van der Waals surface area contributed by atoms with Gasteiger partial charge in [0.15, 0.2) is 5.78 Å². The Morgan fingerprint density at radius 2 is 1.54 bits per heavy atom. The molecule has 0 atom stereocenters. The van der Waals surface area contributed by atoms with Crippen LogP contribution in [-0.4, -0.2) is 35.2 Å². The van der Waals surface area contributed by atoms with Gasteiger partial charge in [-0.15, -0.1) is 0 Å². The van der Waals surface area contributed by atoms with Crippen LogP contribution in [0, 0.1) is 0 Å². The zero-order valence-electron chi connectivity index (χ0n) is 20.6. The zero-order chi connectivity index (χ0) is 26.7. The Morgan fingerprint density at radius 1 is 0.919 bits per heavy atom. The molecule has 0 saturated heterocycles. The molecule has 4 rings (SSSR count). The van der Waals surface area contributed by atoms with Gasteiger partial charge in [-0.3, -0.25) is 4.79 Å². The lowest BCUT2D eigenvalue weighted by atomic mass is 9.96. The largest absolute Gasteiger partial charge is 0.417 e. The number of ketones is 1. The quantitative estimate of drug-likeness (QED) is 0.0908. The second kappa shape index (κ2) is 10.6. The normalized spacial score (nSPS) is 12.3. The minimum Gasteiger partial charge on any atom is -0.380 e. The smallest absolute Gasteiger partial charge is 0.380 e. The van der Waals surface area contributed by atoms with E-state index < -0.39 is 29.1 Å². The van der Waals surface area contributed by atoms with Gasteiger partial charge in [-0.05, 0) is 55.8 Å². The van der Waals surface area contributed by atoms with Crippen LogP contribution in [0.2, 0.25) is 0 Å².